The second kappa shape index (κ2) is 9.17. The molecule has 1 aliphatic heterocycles. The molecule has 7 nitrogen and oxygen atoms in total. The Bertz CT molecular complexity index is 948. The van der Waals surface area contributed by atoms with Crippen LogP contribution in [-0.2, 0) is 10.5 Å². The van der Waals surface area contributed by atoms with Crippen molar-refractivity contribution < 1.29 is 13.9 Å². The van der Waals surface area contributed by atoms with Gasteiger partial charge in [-0.3, -0.25) is 4.57 Å². The van der Waals surface area contributed by atoms with Crippen molar-refractivity contribution in [3.05, 3.63) is 54.0 Å². The molecule has 0 amide bonds. The molecule has 0 unspecified atom stereocenters. The third kappa shape index (κ3) is 4.32. The predicted octanol–water partition coefficient (Wildman–Crippen LogP) is 4.32. The van der Waals surface area contributed by atoms with Crippen LogP contribution in [0.3, 0.4) is 0 Å². The van der Waals surface area contributed by atoms with Gasteiger partial charge in [0.05, 0.1) is 24.3 Å². The van der Waals surface area contributed by atoms with Crippen molar-refractivity contribution >= 4 is 23.7 Å². The fourth-order valence-electron chi connectivity index (χ4n) is 3.43. The van der Waals surface area contributed by atoms with Gasteiger partial charge in [-0.25, -0.2) is 4.79 Å². The van der Waals surface area contributed by atoms with E-state index in [9.17, 15) is 4.79 Å². The Morgan fingerprint density at radius 1 is 1.14 bits per heavy atom. The lowest BCUT2D eigenvalue weighted by Crippen LogP contribution is -2.31. The number of carbonyl (C=O) groups excluding carboxylic acids is 1. The highest BCUT2D eigenvalue weighted by Gasteiger charge is 2.23. The normalized spacial score (nSPS) is 14.2. The van der Waals surface area contributed by atoms with Gasteiger partial charge in [-0.1, -0.05) is 30.0 Å². The van der Waals surface area contributed by atoms with Crippen LogP contribution in [0.15, 0.2) is 52.2 Å². The van der Waals surface area contributed by atoms with E-state index in [1.165, 1.54) is 37.3 Å². The van der Waals surface area contributed by atoms with E-state index in [-0.39, 0.29) is 5.97 Å². The molecule has 8 heteroatoms. The summed E-state index contributed by atoms with van der Waals surface area (Å²) < 4.78 is 12.7. The quantitative estimate of drug-likeness (QED) is 0.423. The monoisotopic (exact) mass is 412 g/mol. The molecule has 3 aromatic rings. The molecule has 1 fully saturated rings. The van der Waals surface area contributed by atoms with Crippen LogP contribution in [0.4, 0.5) is 5.95 Å². The van der Waals surface area contributed by atoms with E-state index in [1.54, 1.807) is 13.0 Å². The lowest BCUT2D eigenvalue weighted by atomic mass is 10.1. The molecule has 152 valence electrons. The molecule has 0 aliphatic carbocycles. The third-order valence-electron chi connectivity index (χ3n) is 4.84. The number of para-hydroxylation sites is 1. The molecule has 1 saturated heterocycles. The van der Waals surface area contributed by atoms with E-state index < -0.39 is 0 Å². The van der Waals surface area contributed by atoms with Gasteiger partial charge in [-0.05, 0) is 44.4 Å². The molecule has 4 rings (SSSR count). The predicted molar refractivity (Wildman–Crippen MR) is 112 cm³/mol. The highest BCUT2D eigenvalue weighted by atomic mass is 32.2. The Morgan fingerprint density at radius 2 is 1.93 bits per heavy atom. The van der Waals surface area contributed by atoms with Crippen LogP contribution >= 0.6 is 11.8 Å². The molecule has 1 aromatic carbocycles. The molecule has 0 radical (unpaired) electrons. The molecule has 0 N–H and O–H groups in total. The first-order chi connectivity index (χ1) is 14.3. The molecule has 2 aromatic heterocycles. The molecule has 0 atom stereocenters. The van der Waals surface area contributed by atoms with Crippen molar-refractivity contribution in [2.24, 2.45) is 0 Å². The first-order valence-electron chi connectivity index (χ1n) is 9.90. The Kier molecular flexibility index (Phi) is 6.19. The van der Waals surface area contributed by atoms with Crippen LogP contribution in [0.1, 0.15) is 42.3 Å². The molecule has 1 aliphatic rings. The van der Waals surface area contributed by atoms with Gasteiger partial charge >= 0.3 is 5.97 Å². The summed E-state index contributed by atoms with van der Waals surface area (Å²) in [6.45, 7) is 4.09. The molecular formula is C21H24N4O3S. The summed E-state index contributed by atoms with van der Waals surface area (Å²) in [6, 6.07) is 11.8. The van der Waals surface area contributed by atoms with Crippen LogP contribution in [0, 0.1) is 0 Å². The third-order valence-corrected chi connectivity index (χ3v) is 5.77. The number of carbonyl (C=O) groups is 1. The van der Waals surface area contributed by atoms with Gasteiger partial charge in [0.2, 0.25) is 5.95 Å². The number of hydrogen-bond donors (Lipinski definition) is 0. The largest absolute Gasteiger partial charge is 0.468 e. The number of thioether (sulfide) groups is 1. The summed E-state index contributed by atoms with van der Waals surface area (Å²) in [5, 5.41) is 9.72. The van der Waals surface area contributed by atoms with Crippen molar-refractivity contribution in [1.29, 1.82) is 0 Å². The first-order valence-corrected chi connectivity index (χ1v) is 10.9. The van der Waals surface area contributed by atoms with Crippen molar-refractivity contribution in [3.8, 4) is 5.69 Å². The van der Waals surface area contributed by atoms with Crippen LogP contribution in [0.25, 0.3) is 5.69 Å². The minimum absolute atomic E-state index is 0.331. The number of furan rings is 1. The topological polar surface area (TPSA) is 73.4 Å². The zero-order valence-electron chi connectivity index (χ0n) is 16.4. The minimum atomic E-state index is -0.365. The number of esters is 1. The lowest BCUT2D eigenvalue weighted by molar-refractivity contribution is 0.0524. The van der Waals surface area contributed by atoms with E-state index in [0.29, 0.717) is 23.7 Å². The summed E-state index contributed by atoms with van der Waals surface area (Å²) in [6.07, 6.45) is 5.11. The van der Waals surface area contributed by atoms with Crippen LogP contribution in [0.5, 0.6) is 0 Å². The minimum Gasteiger partial charge on any atom is -0.468 e. The van der Waals surface area contributed by atoms with Crippen LogP contribution < -0.4 is 4.90 Å². The maximum atomic E-state index is 12.1. The molecule has 3 heterocycles. The fourth-order valence-corrected chi connectivity index (χ4v) is 4.33. The molecule has 0 spiro atoms. The molecule has 0 saturated carbocycles. The number of rotatable bonds is 7. The van der Waals surface area contributed by atoms with Gasteiger partial charge in [0.1, 0.15) is 11.3 Å². The SMILES string of the molecule is CCOC(=O)c1ccoc1CSc1nnc(N2CCCCC2)n1-c1ccccc1. The van der Waals surface area contributed by atoms with Gasteiger partial charge in [0, 0.05) is 13.1 Å². The number of benzene rings is 1. The average Bonchev–Trinajstić information content (AvgIpc) is 3.40. The maximum absolute atomic E-state index is 12.1. The Hall–Kier alpha value is -2.74. The van der Waals surface area contributed by atoms with Gasteiger partial charge in [-0.15, -0.1) is 10.2 Å². The second-order valence-electron chi connectivity index (χ2n) is 6.77. The number of nitrogens with zero attached hydrogens (tertiary/aromatic N) is 4. The van der Waals surface area contributed by atoms with Crippen LogP contribution in [0.2, 0.25) is 0 Å². The molecular weight excluding hydrogens is 388 g/mol. The Balaban J connectivity index is 1.60. The number of hydrogen-bond acceptors (Lipinski definition) is 7. The number of ether oxygens (including phenoxy) is 1. The first kappa shape index (κ1) is 19.6. The van der Waals surface area contributed by atoms with E-state index >= 15 is 0 Å². The standard InChI is InChI=1S/C21H24N4O3S/c1-2-27-19(26)17-11-14-28-18(17)15-29-21-23-22-20(24-12-7-4-8-13-24)25(21)16-9-5-3-6-10-16/h3,5-6,9-11,14H,2,4,7-8,12-13,15H2,1H3. The summed E-state index contributed by atoms with van der Waals surface area (Å²) in [5.74, 6) is 1.54. The van der Waals surface area contributed by atoms with Crippen LogP contribution in [-0.4, -0.2) is 40.4 Å². The second-order valence-corrected chi connectivity index (χ2v) is 7.71. The summed E-state index contributed by atoms with van der Waals surface area (Å²) in [5.41, 5.74) is 1.48. The van der Waals surface area contributed by atoms with E-state index in [2.05, 4.69) is 31.8 Å². The summed E-state index contributed by atoms with van der Waals surface area (Å²) >= 11 is 1.50. The fraction of sp³-hybridized carbons (Fsp3) is 0.381. The Morgan fingerprint density at radius 3 is 2.69 bits per heavy atom. The van der Waals surface area contributed by atoms with E-state index in [4.69, 9.17) is 9.15 Å². The smallest absolute Gasteiger partial charge is 0.341 e. The number of piperidine rings is 1. The lowest BCUT2D eigenvalue weighted by Gasteiger charge is -2.27. The maximum Gasteiger partial charge on any atom is 0.341 e. The molecule has 29 heavy (non-hydrogen) atoms. The highest BCUT2D eigenvalue weighted by molar-refractivity contribution is 7.98. The van der Waals surface area contributed by atoms with E-state index in [1.807, 2.05) is 18.2 Å². The number of anilines is 1. The zero-order chi connectivity index (χ0) is 20.1. The van der Waals surface area contributed by atoms with Gasteiger partial charge in [-0.2, -0.15) is 0 Å². The summed E-state index contributed by atoms with van der Waals surface area (Å²) in [4.78, 5) is 14.4. The number of aromatic nitrogens is 3. The van der Waals surface area contributed by atoms with Gasteiger partial charge < -0.3 is 14.1 Å². The Labute approximate surface area is 174 Å². The zero-order valence-corrected chi connectivity index (χ0v) is 17.2. The van der Waals surface area contributed by atoms with Crippen molar-refractivity contribution in [2.45, 2.75) is 37.1 Å². The van der Waals surface area contributed by atoms with Gasteiger partial charge in [0.15, 0.2) is 5.16 Å². The van der Waals surface area contributed by atoms with Gasteiger partial charge in [0.25, 0.3) is 0 Å². The molecule has 0 bridgehead atoms. The van der Waals surface area contributed by atoms with Crippen molar-refractivity contribution in [2.75, 3.05) is 24.6 Å². The summed E-state index contributed by atoms with van der Waals surface area (Å²) in [7, 11) is 0. The highest BCUT2D eigenvalue weighted by Crippen LogP contribution is 2.31. The average molecular weight is 413 g/mol. The van der Waals surface area contributed by atoms with Crippen molar-refractivity contribution in [3.63, 3.8) is 0 Å². The van der Waals surface area contributed by atoms with E-state index in [0.717, 1.165) is 29.9 Å². The van der Waals surface area contributed by atoms with Crippen molar-refractivity contribution in [1.82, 2.24) is 14.8 Å².